The van der Waals surface area contributed by atoms with Crippen LogP contribution >= 0.6 is 0 Å². The minimum atomic E-state index is -0.729. The third kappa shape index (κ3) is 3.07. The van der Waals surface area contributed by atoms with E-state index in [9.17, 15) is 14.5 Å². The van der Waals surface area contributed by atoms with Crippen LogP contribution in [0.5, 0.6) is 5.75 Å². The number of anilines is 1. The first-order chi connectivity index (χ1) is 9.97. The molecule has 1 aromatic carbocycles. The lowest BCUT2D eigenvalue weighted by atomic mass is 9.93. The highest BCUT2D eigenvalue weighted by atomic mass is 19.1. The Kier molecular flexibility index (Phi) is 4.62. The van der Waals surface area contributed by atoms with E-state index in [0.717, 1.165) is 18.9 Å². The van der Waals surface area contributed by atoms with Gasteiger partial charge in [0.15, 0.2) is 11.6 Å². The summed E-state index contributed by atoms with van der Waals surface area (Å²) < 4.78 is 18.7. The number of piperidine rings is 1. The standard InChI is InChI=1S/C14H20FN3O3/c1-9-3-4-10(7-16)8-17(9)12-6-14(21-2)11(15)5-13(12)18(19)20/h5-6,9-10H,3-4,7-8,16H2,1-2H3. The average Bonchev–Trinajstić information content (AvgIpc) is 2.47. The van der Waals surface area contributed by atoms with E-state index in [1.54, 1.807) is 0 Å². The molecule has 6 nitrogen and oxygen atoms in total. The predicted octanol–water partition coefficient (Wildman–Crippen LogP) is 2.31. The first kappa shape index (κ1) is 15.5. The van der Waals surface area contributed by atoms with Gasteiger partial charge in [-0.05, 0) is 32.2 Å². The smallest absolute Gasteiger partial charge is 0.295 e. The number of nitro benzene ring substituents is 1. The molecule has 1 fully saturated rings. The highest BCUT2D eigenvalue weighted by molar-refractivity contribution is 5.67. The van der Waals surface area contributed by atoms with E-state index in [1.807, 2.05) is 11.8 Å². The summed E-state index contributed by atoms with van der Waals surface area (Å²) in [6.45, 7) is 3.18. The van der Waals surface area contributed by atoms with Gasteiger partial charge in [0, 0.05) is 18.7 Å². The van der Waals surface area contributed by atoms with Crippen LogP contribution in [0.2, 0.25) is 0 Å². The summed E-state index contributed by atoms with van der Waals surface area (Å²) in [7, 11) is 1.34. The predicted molar refractivity (Wildman–Crippen MR) is 78.2 cm³/mol. The maximum Gasteiger partial charge on any atom is 0.295 e. The van der Waals surface area contributed by atoms with Crippen molar-refractivity contribution in [2.45, 2.75) is 25.8 Å². The number of ether oxygens (including phenoxy) is 1. The molecular formula is C14H20FN3O3. The second-order valence-electron chi connectivity index (χ2n) is 5.41. The summed E-state index contributed by atoms with van der Waals surface area (Å²) in [6, 6.07) is 2.47. The first-order valence-electron chi connectivity index (χ1n) is 6.96. The molecule has 2 rings (SSSR count). The van der Waals surface area contributed by atoms with Crippen LogP contribution in [0.15, 0.2) is 12.1 Å². The molecular weight excluding hydrogens is 277 g/mol. The Labute approximate surface area is 122 Å². The normalized spacial score (nSPS) is 22.2. The lowest BCUT2D eigenvalue weighted by molar-refractivity contribution is -0.384. The number of nitrogens with two attached hydrogens (primary N) is 1. The van der Waals surface area contributed by atoms with Gasteiger partial charge in [-0.25, -0.2) is 4.39 Å². The van der Waals surface area contributed by atoms with Gasteiger partial charge >= 0.3 is 0 Å². The summed E-state index contributed by atoms with van der Waals surface area (Å²) in [5.74, 6) is -0.428. The van der Waals surface area contributed by atoms with Gasteiger partial charge in [0.1, 0.15) is 5.69 Å². The Balaban J connectivity index is 2.46. The van der Waals surface area contributed by atoms with Crippen molar-refractivity contribution >= 4 is 11.4 Å². The van der Waals surface area contributed by atoms with Crippen molar-refractivity contribution in [2.75, 3.05) is 25.1 Å². The van der Waals surface area contributed by atoms with Gasteiger partial charge < -0.3 is 15.4 Å². The molecule has 116 valence electrons. The fraction of sp³-hybridized carbons (Fsp3) is 0.571. The molecule has 0 aromatic heterocycles. The summed E-state index contributed by atoms with van der Waals surface area (Å²) in [6.07, 6.45) is 1.90. The van der Waals surface area contributed by atoms with Crippen molar-refractivity contribution in [1.29, 1.82) is 0 Å². The molecule has 1 aliphatic heterocycles. The molecule has 1 aromatic rings. The van der Waals surface area contributed by atoms with Crippen LogP contribution in [0.3, 0.4) is 0 Å². The van der Waals surface area contributed by atoms with E-state index in [4.69, 9.17) is 10.5 Å². The third-order valence-corrected chi connectivity index (χ3v) is 4.07. The summed E-state index contributed by atoms with van der Waals surface area (Å²) in [4.78, 5) is 12.6. The Morgan fingerprint density at radius 1 is 1.52 bits per heavy atom. The number of rotatable bonds is 4. The number of hydrogen-bond donors (Lipinski definition) is 1. The minimum Gasteiger partial charge on any atom is -0.494 e. The maximum absolute atomic E-state index is 13.7. The second-order valence-corrected chi connectivity index (χ2v) is 5.41. The topological polar surface area (TPSA) is 81.6 Å². The Morgan fingerprint density at radius 3 is 2.81 bits per heavy atom. The van der Waals surface area contributed by atoms with Crippen molar-refractivity contribution in [3.63, 3.8) is 0 Å². The van der Waals surface area contributed by atoms with Gasteiger partial charge in [-0.1, -0.05) is 0 Å². The summed E-state index contributed by atoms with van der Waals surface area (Å²) in [5.41, 5.74) is 5.88. The van der Waals surface area contributed by atoms with Crippen LogP contribution in [-0.4, -0.2) is 31.2 Å². The Hall–Kier alpha value is -1.89. The van der Waals surface area contributed by atoms with Crippen LogP contribution < -0.4 is 15.4 Å². The Bertz CT molecular complexity index is 538. The fourth-order valence-electron chi connectivity index (χ4n) is 2.78. The molecule has 0 amide bonds. The van der Waals surface area contributed by atoms with Crippen molar-refractivity contribution in [3.8, 4) is 5.75 Å². The number of benzene rings is 1. The van der Waals surface area contributed by atoms with Crippen LogP contribution in [0.4, 0.5) is 15.8 Å². The molecule has 0 radical (unpaired) electrons. The molecule has 21 heavy (non-hydrogen) atoms. The number of hydrogen-bond acceptors (Lipinski definition) is 5. The lowest BCUT2D eigenvalue weighted by Crippen LogP contribution is -2.44. The largest absolute Gasteiger partial charge is 0.494 e. The molecule has 1 heterocycles. The number of nitro groups is 1. The quantitative estimate of drug-likeness (QED) is 0.681. The van der Waals surface area contributed by atoms with Gasteiger partial charge in [0.05, 0.1) is 18.1 Å². The summed E-state index contributed by atoms with van der Waals surface area (Å²) in [5, 5.41) is 11.2. The van der Waals surface area contributed by atoms with Gasteiger partial charge in [0.2, 0.25) is 0 Å². The van der Waals surface area contributed by atoms with Gasteiger partial charge in [-0.15, -0.1) is 0 Å². The maximum atomic E-state index is 13.7. The van der Waals surface area contributed by atoms with Crippen LogP contribution in [0.1, 0.15) is 19.8 Å². The summed E-state index contributed by atoms with van der Waals surface area (Å²) >= 11 is 0. The van der Waals surface area contributed by atoms with Crippen molar-refractivity contribution < 1.29 is 14.1 Å². The monoisotopic (exact) mass is 297 g/mol. The molecule has 0 spiro atoms. The zero-order valence-corrected chi connectivity index (χ0v) is 12.2. The van der Waals surface area contributed by atoms with E-state index >= 15 is 0 Å². The van der Waals surface area contributed by atoms with Crippen LogP contribution in [0, 0.1) is 21.8 Å². The SMILES string of the molecule is COc1cc(N2CC(CN)CCC2C)c([N+](=O)[O-])cc1F. The van der Waals surface area contributed by atoms with E-state index in [2.05, 4.69) is 0 Å². The molecule has 2 unspecified atom stereocenters. The second kappa shape index (κ2) is 6.26. The Morgan fingerprint density at radius 2 is 2.24 bits per heavy atom. The number of nitrogens with zero attached hydrogens (tertiary/aromatic N) is 2. The third-order valence-electron chi connectivity index (χ3n) is 4.07. The highest BCUT2D eigenvalue weighted by Gasteiger charge is 2.31. The number of halogens is 1. The first-order valence-corrected chi connectivity index (χ1v) is 6.96. The van der Waals surface area contributed by atoms with Crippen molar-refractivity contribution in [2.24, 2.45) is 11.7 Å². The lowest BCUT2D eigenvalue weighted by Gasteiger charge is -2.39. The molecule has 7 heteroatoms. The number of methoxy groups -OCH3 is 1. The highest BCUT2D eigenvalue weighted by Crippen LogP contribution is 2.38. The van der Waals surface area contributed by atoms with Gasteiger partial charge in [0.25, 0.3) is 5.69 Å². The van der Waals surface area contributed by atoms with E-state index in [1.165, 1.54) is 13.2 Å². The van der Waals surface area contributed by atoms with Crippen molar-refractivity contribution in [1.82, 2.24) is 0 Å². The molecule has 1 aliphatic rings. The fourth-order valence-corrected chi connectivity index (χ4v) is 2.78. The zero-order valence-electron chi connectivity index (χ0n) is 12.2. The van der Waals surface area contributed by atoms with Crippen LogP contribution in [0.25, 0.3) is 0 Å². The van der Waals surface area contributed by atoms with Crippen molar-refractivity contribution in [3.05, 3.63) is 28.1 Å². The molecule has 2 N–H and O–H groups in total. The van der Waals surface area contributed by atoms with E-state index in [0.29, 0.717) is 18.8 Å². The van der Waals surface area contributed by atoms with E-state index < -0.39 is 10.7 Å². The molecule has 0 aliphatic carbocycles. The molecule has 2 atom stereocenters. The average molecular weight is 297 g/mol. The molecule has 0 saturated carbocycles. The van der Waals surface area contributed by atoms with E-state index in [-0.39, 0.29) is 23.4 Å². The molecule has 0 bridgehead atoms. The van der Waals surface area contributed by atoms with Crippen LogP contribution in [-0.2, 0) is 0 Å². The molecule has 1 saturated heterocycles. The van der Waals surface area contributed by atoms with Gasteiger partial charge in [-0.3, -0.25) is 10.1 Å². The van der Waals surface area contributed by atoms with Gasteiger partial charge in [-0.2, -0.15) is 0 Å². The zero-order chi connectivity index (χ0) is 15.6. The minimum absolute atomic E-state index is 0.0117.